The van der Waals surface area contributed by atoms with Crippen molar-refractivity contribution in [3.63, 3.8) is 0 Å². The summed E-state index contributed by atoms with van der Waals surface area (Å²) in [7, 11) is 3.51. The highest BCUT2D eigenvalue weighted by atomic mass is 16.5. The maximum atomic E-state index is 13.5. The normalized spacial score (nSPS) is 10.9. The molecule has 0 radical (unpaired) electrons. The van der Waals surface area contributed by atoms with E-state index < -0.39 is 0 Å². The Hall–Kier alpha value is -4.04. The number of urea groups is 1. The summed E-state index contributed by atoms with van der Waals surface area (Å²) in [6.07, 6.45) is 3.52. The predicted octanol–water partition coefficient (Wildman–Crippen LogP) is 4.48. The predicted molar refractivity (Wildman–Crippen MR) is 135 cm³/mol. The minimum absolute atomic E-state index is 0.0922. The number of aromatic nitrogens is 1. The molecule has 0 spiro atoms. The van der Waals surface area contributed by atoms with E-state index in [1.54, 1.807) is 24.3 Å². The fraction of sp³-hybridized carbons (Fsp3) is 0.259. The molecule has 8 nitrogen and oxygen atoms in total. The van der Waals surface area contributed by atoms with Crippen molar-refractivity contribution >= 4 is 28.4 Å². The van der Waals surface area contributed by atoms with Gasteiger partial charge in [0.15, 0.2) is 0 Å². The second-order valence-corrected chi connectivity index (χ2v) is 8.31. The van der Waals surface area contributed by atoms with Crippen molar-refractivity contribution in [1.82, 2.24) is 14.4 Å². The molecule has 182 valence electrons. The molecule has 0 saturated carbocycles. The van der Waals surface area contributed by atoms with E-state index in [9.17, 15) is 9.59 Å². The van der Waals surface area contributed by atoms with Crippen LogP contribution in [0.5, 0.6) is 0 Å². The van der Waals surface area contributed by atoms with E-state index >= 15 is 0 Å². The Balaban J connectivity index is 1.52. The lowest BCUT2D eigenvalue weighted by Gasteiger charge is -2.27. The smallest absolute Gasteiger partial charge is 0.322 e. The molecule has 2 aromatic heterocycles. The molecule has 2 heterocycles. The van der Waals surface area contributed by atoms with Gasteiger partial charge in [-0.25, -0.2) is 4.79 Å². The fourth-order valence-electron chi connectivity index (χ4n) is 3.93. The molecule has 0 fully saturated rings. The molecule has 0 atom stereocenters. The minimum atomic E-state index is -0.358. The Morgan fingerprint density at radius 3 is 2.54 bits per heavy atom. The van der Waals surface area contributed by atoms with E-state index in [1.165, 1.54) is 4.90 Å². The molecule has 0 aliphatic carbocycles. The molecular formula is C27H30N4O4. The van der Waals surface area contributed by atoms with Gasteiger partial charge < -0.3 is 28.8 Å². The van der Waals surface area contributed by atoms with Crippen LogP contribution in [0.1, 0.15) is 11.5 Å². The number of nitrogens with one attached hydrogen (secondary N) is 1. The Morgan fingerprint density at radius 1 is 0.971 bits per heavy atom. The highest BCUT2D eigenvalue weighted by molar-refractivity contribution is 6.02. The number of rotatable bonds is 10. The zero-order valence-electron chi connectivity index (χ0n) is 20.0. The Morgan fingerprint density at radius 2 is 1.80 bits per heavy atom. The third-order valence-electron chi connectivity index (χ3n) is 5.89. The van der Waals surface area contributed by atoms with Crippen LogP contribution < -0.4 is 5.32 Å². The quantitative estimate of drug-likeness (QED) is 0.368. The monoisotopic (exact) mass is 474 g/mol. The third-order valence-corrected chi connectivity index (χ3v) is 5.89. The molecule has 35 heavy (non-hydrogen) atoms. The van der Waals surface area contributed by atoms with Gasteiger partial charge in [0.2, 0.25) is 5.91 Å². The van der Waals surface area contributed by atoms with E-state index in [0.717, 1.165) is 16.5 Å². The first-order valence-corrected chi connectivity index (χ1v) is 11.5. The molecule has 0 unspecified atom stereocenters. The molecule has 0 aliphatic rings. The zero-order valence-corrected chi connectivity index (χ0v) is 20.0. The van der Waals surface area contributed by atoms with Gasteiger partial charge >= 0.3 is 6.03 Å². The molecule has 2 aromatic carbocycles. The third kappa shape index (κ3) is 6.10. The molecule has 4 aromatic rings. The van der Waals surface area contributed by atoms with Crippen LogP contribution >= 0.6 is 0 Å². The van der Waals surface area contributed by atoms with Crippen LogP contribution in [0.3, 0.4) is 0 Å². The highest BCUT2D eigenvalue weighted by Crippen LogP contribution is 2.23. The number of aryl methyl sites for hydroxylation is 1. The van der Waals surface area contributed by atoms with Crippen molar-refractivity contribution < 1.29 is 18.7 Å². The number of hydrogen-bond acceptors (Lipinski definition) is 4. The maximum Gasteiger partial charge on any atom is 0.322 e. The van der Waals surface area contributed by atoms with Gasteiger partial charge in [-0.15, -0.1) is 0 Å². The van der Waals surface area contributed by atoms with Crippen LogP contribution in [0.2, 0.25) is 0 Å². The summed E-state index contributed by atoms with van der Waals surface area (Å²) < 4.78 is 12.7. The first kappa shape index (κ1) is 24.1. The van der Waals surface area contributed by atoms with Gasteiger partial charge in [-0.1, -0.05) is 36.4 Å². The maximum absolute atomic E-state index is 13.5. The summed E-state index contributed by atoms with van der Waals surface area (Å²) in [5, 5.41) is 4.94. The SMILES string of the molecule is COCCN(CC(=O)N(Cc1ccco1)Cc1cccn1C)C(=O)Nc1cccc2ccccc12. The largest absolute Gasteiger partial charge is 0.467 e. The summed E-state index contributed by atoms with van der Waals surface area (Å²) >= 11 is 0. The molecule has 1 N–H and O–H groups in total. The molecule has 8 heteroatoms. The number of fused-ring (bicyclic) bond motifs is 1. The van der Waals surface area contributed by atoms with E-state index in [1.807, 2.05) is 78.5 Å². The van der Waals surface area contributed by atoms with E-state index in [4.69, 9.17) is 9.15 Å². The number of methoxy groups -OCH3 is 1. The van der Waals surface area contributed by atoms with Crippen molar-refractivity contribution in [3.05, 3.63) is 90.6 Å². The molecule has 4 rings (SSSR count). The number of carbonyl (C=O) groups excluding carboxylic acids is 2. The highest BCUT2D eigenvalue weighted by Gasteiger charge is 2.23. The van der Waals surface area contributed by atoms with Crippen molar-refractivity contribution in [2.24, 2.45) is 7.05 Å². The fourth-order valence-corrected chi connectivity index (χ4v) is 3.93. The van der Waals surface area contributed by atoms with Gasteiger partial charge in [0.1, 0.15) is 12.3 Å². The van der Waals surface area contributed by atoms with Crippen LogP contribution in [0.4, 0.5) is 10.5 Å². The number of ether oxygens (including phenoxy) is 1. The number of amides is 3. The number of anilines is 1. The van der Waals surface area contributed by atoms with Crippen molar-refractivity contribution in [2.45, 2.75) is 13.1 Å². The van der Waals surface area contributed by atoms with Gasteiger partial charge in [-0.05, 0) is 35.7 Å². The van der Waals surface area contributed by atoms with Gasteiger partial charge in [0.25, 0.3) is 0 Å². The van der Waals surface area contributed by atoms with Crippen LogP contribution in [0.15, 0.2) is 83.6 Å². The van der Waals surface area contributed by atoms with Crippen molar-refractivity contribution in [2.75, 3.05) is 32.1 Å². The van der Waals surface area contributed by atoms with Crippen molar-refractivity contribution in [3.8, 4) is 0 Å². The standard InChI is InChI=1S/C27H30N4O4/c1-29-14-6-10-22(29)18-31(19-23-11-7-16-35-23)26(32)20-30(15-17-34-2)27(33)28-25-13-5-9-21-8-3-4-12-24(21)25/h3-14,16H,15,17-20H2,1-2H3,(H,28,33). The Kier molecular flexibility index (Phi) is 7.84. The lowest BCUT2D eigenvalue weighted by molar-refractivity contribution is -0.133. The molecular weight excluding hydrogens is 444 g/mol. The summed E-state index contributed by atoms with van der Waals surface area (Å²) in [5.41, 5.74) is 1.67. The van der Waals surface area contributed by atoms with Gasteiger partial charge in [0.05, 0.1) is 31.6 Å². The van der Waals surface area contributed by atoms with Crippen LogP contribution in [0, 0.1) is 0 Å². The van der Waals surface area contributed by atoms with Crippen LogP contribution in [-0.4, -0.2) is 53.1 Å². The average Bonchev–Trinajstić information content (AvgIpc) is 3.53. The van der Waals surface area contributed by atoms with E-state index in [-0.39, 0.29) is 25.0 Å². The van der Waals surface area contributed by atoms with Gasteiger partial charge in [-0.2, -0.15) is 0 Å². The summed E-state index contributed by atoms with van der Waals surface area (Å²) in [5.74, 6) is 0.489. The molecule has 0 aliphatic heterocycles. The number of furan rings is 1. The molecule has 3 amide bonds. The zero-order chi connectivity index (χ0) is 24.6. The van der Waals surface area contributed by atoms with Crippen molar-refractivity contribution in [1.29, 1.82) is 0 Å². The second-order valence-electron chi connectivity index (χ2n) is 8.31. The van der Waals surface area contributed by atoms with E-state index in [2.05, 4.69) is 5.32 Å². The van der Waals surface area contributed by atoms with Crippen LogP contribution in [-0.2, 0) is 29.7 Å². The molecule has 0 bridgehead atoms. The second kappa shape index (κ2) is 11.4. The van der Waals surface area contributed by atoms with E-state index in [0.29, 0.717) is 31.1 Å². The summed E-state index contributed by atoms with van der Waals surface area (Å²) in [4.78, 5) is 29.9. The minimum Gasteiger partial charge on any atom is -0.467 e. The Bertz CT molecular complexity index is 1260. The number of nitrogens with zero attached hydrogens (tertiary/aromatic N) is 3. The number of carbonyl (C=O) groups is 2. The summed E-state index contributed by atoms with van der Waals surface area (Å²) in [6.45, 7) is 1.20. The van der Waals surface area contributed by atoms with Gasteiger partial charge in [-0.3, -0.25) is 4.79 Å². The van der Waals surface area contributed by atoms with Crippen LogP contribution in [0.25, 0.3) is 10.8 Å². The lowest BCUT2D eigenvalue weighted by atomic mass is 10.1. The Labute approximate surface area is 204 Å². The molecule has 0 saturated heterocycles. The average molecular weight is 475 g/mol. The number of benzene rings is 2. The topological polar surface area (TPSA) is 80.0 Å². The summed E-state index contributed by atoms with van der Waals surface area (Å²) in [6, 6.07) is 20.8. The number of hydrogen-bond donors (Lipinski definition) is 1. The first-order chi connectivity index (χ1) is 17.0. The first-order valence-electron chi connectivity index (χ1n) is 11.5. The van der Waals surface area contributed by atoms with Gasteiger partial charge in [0, 0.05) is 38.0 Å². The lowest BCUT2D eigenvalue weighted by Crippen LogP contribution is -2.45.